The van der Waals surface area contributed by atoms with E-state index in [-0.39, 0.29) is 5.41 Å². The summed E-state index contributed by atoms with van der Waals surface area (Å²) in [7, 11) is 0. The Morgan fingerprint density at radius 3 is 1.64 bits per heavy atom. The molecule has 0 unspecified atom stereocenters. The van der Waals surface area contributed by atoms with Crippen LogP contribution < -0.4 is 4.90 Å². The van der Waals surface area contributed by atoms with E-state index in [4.69, 9.17) is 19.4 Å². The zero-order valence-corrected chi connectivity index (χ0v) is 29.4. The Kier molecular flexibility index (Phi) is 7.08. The first-order valence-electron chi connectivity index (χ1n) is 17.9. The van der Waals surface area contributed by atoms with Gasteiger partial charge in [-0.05, 0) is 95.1 Å². The molecule has 10 rings (SSSR count). The van der Waals surface area contributed by atoms with Crippen LogP contribution in [0.1, 0.15) is 25.0 Å². The Morgan fingerprint density at radius 1 is 0.434 bits per heavy atom. The van der Waals surface area contributed by atoms with Crippen LogP contribution in [0, 0.1) is 0 Å². The second kappa shape index (κ2) is 12.1. The summed E-state index contributed by atoms with van der Waals surface area (Å²) in [6.07, 6.45) is 0. The Labute approximate surface area is 307 Å². The van der Waals surface area contributed by atoms with Crippen LogP contribution in [0.3, 0.4) is 0 Å². The highest BCUT2D eigenvalue weighted by Gasteiger charge is 2.35. The smallest absolute Gasteiger partial charge is 0.227 e. The third-order valence-electron chi connectivity index (χ3n) is 10.5. The van der Waals surface area contributed by atoms with Crippen molar-refractivity contribution in [1.29, 1.82) is 0 Å². The van der Waals surface area contributed by atoms with Crippen LogP contribution in [-0.2, 0) is 5.41 Å². The van der Waals surface area contributed by atoms with Crippen LogP contribution in [0.5, 0.6) is 0 Å². The minimum atomic E-state index is -0.128. The molecule has 1 aliphatic rings. The molecule has 0 saturated carbocycles. The molecule has 0 amide bonds. The van der Waals surface area contributed by atoms with Gasteiger partial charge < -0.3 is 9.32 Å². The maximum atomic E-state index is 6.12. The Balaban J connectivity index is 1.09. The first-order chi connectivity index (χ1) is 26.0. The number of anilines is 3. The van der Waals surface area contributed by atoms with Crippen LogP contribution in [0.2, 0.25) is 0 Å². The Bertz CT molecular complexity index is 2770. The number of aromatic nitrogens is 3. The van der Waals surface area contributed by atoms with Crippen molar-refractivity contribution in [1.82, 2.24) is 15.0 Å². The highest BCUT2D eigenvalue weighted by atomic mass is 16.3. The normalized spacial score (nSPS) is 12.9. The lowest BCUT2D eigenvalue weighted by Crippen LogP contribution is -2.16. The highest BCUT2D eigenvalue weighted by molar-refractivity contribution is 5.89. The van der Waals surface area contributed by atoms with E-state index < -0.39 is 0 Å². The van der Waals surface area contributed by atoms with Crippen molar-refractivity contribution in [3.8, 4) is 45.1 Å². The van der Waals surface area contributed by atoms with E-state index in [0.717, 1.165) is 67.3 Å². The first kappa shape index (κ1) is 30.9. The highest BCUT2D eigenvalue weighted by Crippen LogP contribution is 2.50. The lowest BCUT2D eigenvalue weighted by atomic mass is 9.82. The van der Waals surface area contributed by atoms with Gasteiger partial charge in [0.25, 0.3) is 0 Å². The summed E-state index contributed by atoms with van der Waals surface area (Å²) in [6.45, 7) is 4.65. The maximum Gasteiger partial charge on any atom is 0.227 e. The van der Waals surface area contributed by atoms with Crippen molar-refractivity contribution in [2.75, 3.05) is 4.90 Å². The average Bonchev–Trinajstić information content (AvgIpc) is 3.75. The molecule has 0 bridgehead atoms. The van der Waals surface area contributed by atoms with Gasteiger partial charge in [-0.25, -0.2) is 15.0 Å². The van der Waals surface area contributed by atoms with Crippen molar-refractivity contribution in [3.63, 3.8) is 0 Å². The molecule has 7 aromatic carbocycles. The fraction of sp³-hybridized carbons (Fsp3) is 0.0625. The van der Waals surface area contributed by atoms with Crippen LogP contribution in [-0.4, -0.2) is 15.0 Å². The summed E-state index contributed by atoms with van der Waals surface area (Å²) in [6, 6.07) is 59.0. The summed E-state index contributed by atoms with van der Waals surface area (Å²) in [5.41, 5.74) is 16.4. The third kappa shape index (κ3) is 5.20. The van der Waals surface area contributed by atoms with Gasteiger partial charge in [0.1, 0.15) is 5.52 Å². The molecule has 0 radical (unpaired) electrons. The van der Waals surface area contributed by atoms with Crippen LogP contribution >= 0.6 is 0 Å². The summed E-state index contributed by atoms with van der Waals surface area (Å²) in [4.78, 5) is 17.3. The van der Waals surface area contributed by atoms with E-state index in [1.54, 1.807) is 0 Å². The van der Waals surface area contributed by atoms with E-state index in [1.165, 1.54) is 22.3 Å². The minimum absolute atomic E-state index is 0.128. The summed E-state index contributed by atoms with van der Waals surface area (Å²) in [5, 5.41) is 0. The number of nitrogens with zero attached hydrogens (tertiary/aromatic N) is 4. The van der Waals surface area contributed by atoms with Gasteiger partial charge in [-0.2, -0.15) is 0 Å². The van der Waals surface area contributed by atoms with Crippen LogP contribution in [0.4, 0.5) is 17.1 Å². The maximum absolute atomic E-state index is 6.12. The standard InChI is InChI=1S/C48H34N4O/c1-48(2)39-15-7-6-14-37(39)38-29-28-36(30-40(38)48)52(35-26-22-33(23-27-35)47-51-43-18-10-11-19-44(43)53-47)34-24-20-32(21-25-34)46-45(31-12-4-3-5-13-31)49-41-16-8-9-17-42(41)50-46/h3-30H,1-2H3. The molecule has 53 heavy (non-hydrogen) atoms. The topological polar surface area (TPSA) is 55.1 Å². The van der Waals surface area contributed by atoms with E-state index in [0.29, 0.717) is 5.89 Å². The average molecular weight is 683 g/mol. The molecule has 0 atom stereocenters. The molecular weight excluding hydrogens is 649 g/mol. The quantitative estimate of drug-likeness (QED) is 0.175. The zero-order chi connectivity index (χ0) is 35.5. The number of benzene rings is 7. The molecule has 1 aliphatic carbocycles. The van der Waals surface area contributed by atoms with Crippen molar-refractivity contribution >= 4 is 39.2 Å². The molecule has 5 heteroatoms. The van der Waals surface area contributed by atoms with Crippen molar-refractivity contribution in [3.05, 3.63) is 181 Å². The van der Waals surface area contributed by atoms with Crippen molar-refractivity contribution in [2.45, 2.75) is 19.3 Å². The predicted molar refractivity (Wildman–Crippen MR) is 216 cm³/mol. The van der Waals surface area contributed by atoms with Crippen molar-refractivity contribution in [2.24, 2.45) is 0 Å². The van der Waals surface area contributed by atoms with Gasteiger partial charge in [0, 0.05) is 39.2 Å². The molecular formula is C48H34N4O. The van der Waals surface area contributed by atoms with Crippen LogP contribution in [0.15, 0.2) is 174 Å². The largest absolute Gasteiger partial charge is 0.436 e. The van der Waals surface area contributed by atoms with Gasteiger partial charge in [-0.15, -0.1) is 0 Å². The molecule has 2 aromatic heterocycles. The lowest BCUT2D eigenvalue weighted by Gasteiger charge is -2.28. The second-order valence-electron chi connectivity index (χ2n) is 14.1. The molecule has 0 N–H and O–H groups in total. The molecule has 2 heterocycles. The number of hydrogen-bond acceptors (Lipinski definition) is 5. The predicted octanol–water partition coefficient (Wildman–Crippen LogP) is 12.5. The summed E-state index contributed by atoms with van der Waals surface area (Å²) >= 11 is 0. The van der Waals surface area contributed by atoms with Gasteiger partial charge in [0.2, 0.25) is 5.89 Å². The Hall–Kier alpha value is -6.85. The molecule has 5 nitrogen and oxygen atoms in total. The lowest BCUT2D eigenvalue weighted by molar-refractivity contribution is 0.620. The SMILES string of the molecule is CC1(C)c2ccccc2-c2ccc(N(c3ccc(-c4nc5ccccc5o4)cc3)c3ccc(-c4nc5ccccc5nc4-c4ccccc4)cc3)cc21. The van der Waals surface area contributed by atoms with E-state index in [1.807, 2.05) is 66.7 Å². The second-order valence-corrected chi connectivity index (χ2v) is 14.1. The minimum Gasteiger partial charge on any atom is -0.436 e. The van der Waals surface area contributed by atoms with Gasteiger partial charge in [-0.1, -0.05) is 111 Å². The summed E-state index contributed by atoms with van der Waals surface area (Å²) < 4.78 is 6.12. The van der Waals surface area contributed by atoms with Gasteiger partial charge >= 0.3 is 0 Å². The van der Waals surface area contributed by atoms with Gasteiger partial charge in [0.05, 0.1) is 22.4 Å². The van der Waals surface area contributed by atoms with E-state index in [9.17, 15) is 0 Å². The van der Waals surface area contributed by atoms with Crippen LogP contribution in [0.25, 0.3) is 67.2 Å². The molecule has 9 aromatic rings. The van der Waals surface area contributed by atoms with E-state index >= 15 is 0 Å². The fourth-order valence-corrected chi connectivity index (χ4v) is 7.79. The molecule has 0 saturated heterocycles. The molecule has 0 spiro atoms. The first-order valence-corrected chi connectivity index (χ1v) is 17.9. The zero-order valence-electron chi connectivity index (χ0n) is 29.4. The molecule has 0 fully saturated rings. The summed E-state index contributed by atoms with van der Waals surface area (Å²) in [5.74, 6) is 0.608. The number of hydrogen-bond donors (Lipinski definition) is 0. The van der Waals surface area contributed by atoms with Gasteiger partial charge in [-0.3, -0.25) is 0 Å². The number of rotatable bonds is 6. The van der Waals surface area contributed by atoms with Gasteiger partial charge in [0.15, 0.2) is 5.58 Å². The van der Waals surface area contributed by atoms with Crippen molar-refractivity contribution < 1.29 is 4.42 Å². The molecule has 252 valence electrons. The Morgan fingerprint density at radius 2 is 0.962 bits per heavy atom. The number of oxazole rings is 1. The molecule has 0 aliphatic heterocycles. The number of para-hydroxylation sites is 4. The fourth-order valence-electron chi connectivity index (χ4n) is 7.79. The van der Waals surface area contributed by atoms with E-state index in [2.05, 4.69) is 122 Å². The number of fused-ring (bicyclic) bond motifs is 5. The third-order valence-corrected chi connectivity index (χ3v) is 10.5. The monoisotopic (exact) mass is 682 g/mol.